The molecule has 0 saturated carbocycles. The number of aryl methyl sites for hydroxylation is 2. The highest BCUT2D eigenvalue weighted by molar-refractivity contribution is 7.98. The van der Waals surface area contributed by atoms with Crippen molar-refractivity contribution in [2.75, 3.05) is 6.61 Å². The second-order valence-corrected chi connectivity index (χ2v) is 6.78. The highest BCUT2D eigenvalue weighted by Gasteiger charge is 2.15. The first-order valence-corrected chi connectivity index (χ1v) is 9.29. The molecule has 0 unspecified atom stereocenters. The number of thioether (sulfide) groups is 1. The number of hydrogen-bond acceptors (Lipinski definition) is 6. The van der Waals surface area contributed by atoms with E-state index in [-0.39, 0.29) is 5.97 Å². The highest BCUT2D eigenvalue weighted by atomic mass is 32.2. The molecule has 0 atom stereocenters. The molecule has 7 heteroatoms. The summed E-state index contributed by atoms with van der Waals surface area (Å²) in [5.74, 6) is 1.06. The zero-order valence-electron chi connectivity index (χ0n) is 15.0. The maximum absolute atomic E-state index is 11.9. The van der Waals surface area contributed by atoms with E-state index >= 15 is 0 Å². The lowest BCUT2D eigenvalue weighted by molar-refractivity contribution is 0.0525. The minimum Gasteiger partial charge on any atom is -0.462 e. The molecule has 134 valence electrons. The standard InChI is InChI=1S/C19H20N4O2S/c1-4-25-19(24)16-10-23(22-14(16)3)17-9-18(21-12-20-17)26-11-15-7-5-13(2)6-8-15/h5-10,12H,4,11H2,1-3H3. The molecule has 0 spiro atoms. The van der Waals surface area contributed by atoms with Crippen LogP contribution in [0.25, 0.3) is 5.82 Å². The summed E-state index contributed by atoms with van der Waals surface area (Å²) in [7, 11) is 0. The lowest BCUT2D eigenvalue weighted by Crippen LogP contribution is -2.04. The minimum atomic E-state index is -0.376. The van der Waals surface area contributed by atoms with Crippen LogP contribution in [0.2, 0.25) is 0 Å². The Morgan fingerprint density at radius 1 is 1.19 bits per heavy atom. The van der Waals surface area contributed by atoms with Crippen molar-refractivity contribution >= 4 is 17.7 Å². The summed E-state index contributed by atoms with van der Waals surface area (Å²) >= 11 is 1.63. The van der Waals surface area contributed by atoms with E-state index in [0.717, 1.165) is 10.8 Å². The summed E-state index contributed by atoms with van der Waals surface area (Å²) in [4.78, 5) is 20.5. The molecular formula is C19H20N4O2S. The Labute approximate surface area is 156 Å². The van der Waals surface area contributed by atoms with Gasteiger partial charge in [-0.1, -0.05) is 29.8 Å². The molecule has 3 aromatic rings. The summed E-state index contributed by atoms with van der Waals surface area (Å²) in [6, 6.07) is 10.3. The predicted molar refractivity (Wildman–Crippen MR) is 101 cm³/mol. The van der Waals surface area contributed by atoms with Crippen LogP contribution in [0.5, 0.6) is 0 Å². The van der Waals surface area contributed by atoms with Gasteiger partial charge >= 0.3 is 5.97 Å². The largest absolute Gasteiger partial charge is 0.462 e. The minimum absolute atomic E-state index is 0.330. The first-order valence-electron chi connectivity index (χ1n) is 8.31. The maximum Gasteiger partial charge on any atom is 0.341 e. The van der Waals surface area contributed by atoms with Gasteiger partial charge in [0.05, 0.1) is 12.3 Å². The Morgan fingerprint density at radius 3 is 2.69 bits per heavy atom. The van der Waals surface area contributed by atoms with Crippen molar-refractivity contribution in [1.82, 2.24) is 19.7 Å². The lowest BCUT2D eigenvalue weighted by atomic mass is 10.2. The SMILES string of the molecule is CCOC(=O)c1cn(-c2cc(SCc3ccc(C)cc3)ncn2)nc1C. The third kappa shape index (κ3) is 4.29. The van der Waals surface area contributed by atoms with Gasteiger partial charge < -0.3 is 4.74 Å². The number of carbonyl (C=O) groups excluding carboxylic acids is 1. The number of aromatic nitrogens is 4. The van der Waals surface area contributed by atoms with Crippen molar-refractivity contribution in [2.24, 2.45) is 0 Å². The van der Waals surface area contributed by atoms with Crippen LogP contribution in [0.3, 0.4) is 0 Å². The van der Waals surface area contributed by atoms with Crippen LogP contribution < -0.4 is 0 Å². The Bertz CT molecular complexity index is 906. The van der Waals surface area contributed by atoms with Gasteiger partial charge in [-0.25, -0.2) is 19.4 Å². The summed E-state index contributed by atoms with van der Waals surface area (Å²) in [6.07, 6.45) is 3.15. The van der Waals surface area contributed by atoms with Crippen molar-refractivity contribution in [2.45, 2.75) is 31.6 Å². The molecule has 0 fully saturated rings. The van der Waals surface area contributed by atoms with Gasteiger partial charge in [-0.05, 0) is 26.3 Å². The fraction of sp³-hybridized carbons (Fsp3) is 0.263. The van der Waals surface area contributed by atoms with Crippen LogP contribution in [-0.2, 0) is 10.5 Å². The molecule has 26 heavy (non-hydrogen) atoms. The van der Waals surface area contributed by atoms with Crippen LogP contribution >= 0.6 is 11.8 Å². The molecule has 6 nitrogen and oxygen atoms in total. The number of ether oxygens (including phenoxy) is 1. The zero-order chi connectivity index (χ0) is 18.5. The van der Waals surface area contributed by atoms with Crippen LogP contribution in [-0.4, -0.2) is 32.3 Å². The average molecular weight is 368 g/mol. The summed E-state index contributed by atoms with van der Waals surface area (Å²) < 4.78 is 6.63. The van der Waals surface area contributed by atoms with Gasteiger partial charge in [0.1, 0.15) is 16.9 Å². The zero-order valence-corrected chi connectivity index (χ0v) is 15.8. The van der Waals surface area contributed by atoms with Gasteiger partial charge in [-0.15, -0.1) is 11.8 Å². The fourth-order valence-electron chi connectivity index (χ4n) is 2.36. The summed E-state index contributed by atoms with van der Waals surface area (Å²) in [6.45, 7) is 5.96. The van der Waals surface area contributed by atoms with E-state index in [1.54, 1.807) is 36.5 Å². The Balaban J connectivity index is 1.76. The van der Waals surface area contributed by atoms with E-state index in [1.165, 1.54) is 17.5 Å². The molecule has 2 aromatic heterocycles. The van der Waals surface area contributed by atoms with Crippen molar-refractivity contribution < 1.29 is 9.53 Å². The van der Waals surface area contributed by atoms with E-state index < -0.39 is 0 Å². The van der Waals surface area contributed by atoms with Gasteiger partial charge in [0.15, 0.2) is 5.82 Å². The number of esters is 1. The molecule has 2 heterocycles. The Kier molecular flexibility index (Phi) is 5.68. The topological polar surface area (TPSA) is 69.9 Å². The van der Waals surface area contributed by atoms with Gasteiger partial charge in [-0.2, -0.15) is 5.10 Å². The molecule has 0 aliphatic carbocycles. The molecule has 0 aliphatic heterocycles. The molecule has 0 aliphatic rings. The Hall–Kier alpha value is -2.67. The van der Waals surface area contributed by atoms with E-state index in [2.05, 4.69) is 46.3 Å². The lowest BCUT2D eigenvalue weighted by Gasteiger charge is -2.04. The third-order valence-electron chi connectivity index (χ3n) is 3.76. The fourth-order valence-corrected chi connectivity index (χ4v) is 3.18. The Morgan fingerprint density at radius 2 is 1.96 bits per heavy atom. The number of rotatable bonds is 6. The molecule has 0 saturated heterocycles. The van der Waals surface area contributed by atoms with Gasteiger partial charge in [0.2, 0.25) is 0 Å². The third-order valence-corrected chi connectivity index (χ3v) is 4.76. The normalized spacial score (nSPS) is 10.7. The number of nitrogens with zero attached hydrogens (tertiary/aromatic N) is 4. The molecule has 1 aromatic carbocycles. The van der Waals surface area contributed by atoms with Crippen molar-refractivity contribution in [3.05, 3.63) is 65.2 Å². The molecular weight excluding hydrogens is 348 g/mol. The van der Waals surface area contributed by atoms with Crippen LogP contribution in [0.1, 0.15) is 34.1 Å². The van der Waals surface area contributed by atoms with Crippen molar-refractivity contribution in [3.8, 4) is 5.82 Å². The molecule has 0 N–H and O–H groups in total. The van der Waals surface area contributed by atoms with Gasteiger partial charge in [-0.3, -0.25) is 0 Å². The highest BCUT2D eigenvalue weighted by Crippen LogP contribution is 2.22. The first kappa shape index (κ1) is 18.1. The second kappa shape index (κ2) is 8.14. The van der Waals surface area contributed by atoms with E-state index in [1.807, 2.05) is 6.07 Å². The molecule has 3 rings (SSSR count). The van der Waals surface area contributed by atoms with Crippen LogP contribution in [0.15, 0.2) is 47.9 Å². The summed E-state index contributed by atoms with van der Waals surface area (Å²) in [5, 5.41) is 5.22. The molecule has 0 amide bonds. The van der Waals surface area contributed by atoms with Gasteiger partial charge in [0, 0.05) is 18.0 Å². The van der Waals surface area contributed by atoms with E-state index in [9.17, 15) is 4.79 Å². The number of hydrogen-bond donors (Lipinski definition) is 0. The van der Waals surface area contributed by atoms with E-state index in [4.69, 9.17) is 4.74 Å². The first-order chi connectivity index (χ1) is 12.6. The monoisotopic (exact) mass is 368 g/mol. The van der Waals surface area contributed by atoms with Crippen LogP contribution in [0, 0.1) is 13.8 Å². The van der Waals surface area contributed by atoms with E-state index in [0.29, 0.717) is 23.7 Å². The predicted octanol–water partition coefficient (Wildman–Crippen LogP) is 3.75. The van der Waals surface area contributed by atoms with Crippen molar-refractivity contribution in [3.63, 3.8) is 0 Å². The number of benzene rings is 1. The molecule has 0 bridgehead atoms. The van der Waals surface area contributed by atoms with Gasteiger partial charge in [0.25, 0.3) is 0 Å². The average Bonchev–Trinajstić information content (AvgIpc) is 3.04. The second-order valence-electron chi connectivity index (χ2n) is 5.78. The quantitative estimate of drug-likeness (QED) is 0.375. The smallest absolute Gasteiger partial charge is 0.341 e. The van der Waals surface area contributed by atoms with Crippen molar-refractivity contribution in [1.29, 1.82) is 0 Å². The maximum atomic E-state index is 11.9. The van der Waals surface area contributed by atoms with Crippen LogP contribution in [0.4, 0.5) is 0 Å². The molecule has 0 radical (unpaired) electrons. The summed E-state index contributed by atoms with van der Waals surface area (Å²) in [5.41, 5.74) is 3.53. The number of carbonyl (C=O) groups is 1.